The van der Waals surface area contributed by atoms with E-state index in [2.05, 4.69) is 149 Å². The molecule has 0 spiro atoms. The van der Waals surface area contributed by atoms with E-state index in [0.717, 1.165) is 6.42 Å². The fraction of sp³-hybridized carbons (Fsp3) is 0.190. The van der Waals surface area contributed by atoms with Crippen molar-refractivity contribution in [2.24, 2.45) is 5.92 Å². The summed E-state index contributed by atoms with van der Waals surface area (Å²) in [6, 6.07) is 40.9. The highest BCUT2D eigenvalue weighted by atomic mass is 14.2. The first kappa shape index (κ1) is 26.5. The fourth-order valence-electron chi connectivity index (χ4n) is 7.10. The molecule has 0 fully saturated rings. The number of fused-ring (bicyclic) bond motifs is 3. The second-order valence-corrected chi connectivity index (χ2v) is 12.2. The molecule has 0 heteroatoms. The Morgan fingerprint density at radius 2 is 1.19 bits per heavy atom. The van der Waals surface area contributed by atoms with Crippen LogP contribution in [-0.4, -0.2) is 0 Å². The third-order valence-electron chi connectivity index (χ3n) is 9.32. The third kappa shape index (κ3) is 4.38. The van der Waals surface area contributed by atoms with Crippen molar-refractivity contribution in [2.75, 3.05) is 0 Å². The Morgan fingerprint density at radius 1 is 0.619 bits per heavy atom. The van der Waals surface area contributed by atoms with Crippen LogP contribution in [0.15, 0.2) is 127 Å². The predicted octanol–water partition coefficient (Wildman–Crippen LogP) is 12.4. The highest BCUT2D eigenvalue weighted by Crippen LogP contribution is 2.46. The SMILES string of the molecule is CCC1C=C(c2cccc(-c3c4ccccc4c(-c4ccc(C(C)C)c5ccccc45)c4ccccc34)c2)C(C)=CC1. The largest absolute Gasteiger partial charge is 0.0804 e. The molecule has 0 bridgehead atoms. The Balaban J connectivity index is 1.53. The van der Waals surface area contributed by atoms with Gasteiger partial charge in [-0.15, -0.1) is 0 Å². The van der Waals surface area contributed by atoms with Gasteiger partial charge < -0.3 is 0 Å². The molecular weight excluding hydrogens is 504 g/mol. The van der Waals surface area contributed by atoms with Crippen LogP contribution >= 0.6 is 0 Å². The van der Waals surface area contributed by atoms with Crippen LogP contribution < -0.4 is 0 Å². The molecule has 42 heavy (non-hydrogen) atoms. The van der Waals surface area contributed by atoms with Crippen LogP contribution in [0.4, 0.5) is 0 Å². The minimum atomic E-state index is 0.470. The molecule has 0 saturated carbocycles. The van der Waals surface area contributed by atoms with E-state index in [1.165, 1.54) is 83.3 Å². The first-order valence-corrected chi connectivity index (χ1v) is 15.5. The Kier molecular flexibility index (Phi) is 6.79. The lowest BCUT2D eigenvalue weighted by atomic mass is 9.82. The maximum atomic E-state index is 2.50. The summed E-state index contributed by atoms with van der Waals surface area (Å²) in [7, 11) is 0. The summed E-state index contributed by atoms with van der Waals surface area (Å²) in [5.74, 6) is 1.09. The summed E-state index contributed by atoms with van der Waals surface area (Å²) in [5, 5.41) is 7.89. The number of hydrogen-bond acceptors (Lipinski definition) is 0. The van der Waals surface area contributed by atoms with Gasteiger partial charge in [0.05, 0.1) is 0 Å². The van der Waals surface area contributed by atoms with Gasteiger partial charge in [-0.05, 0) is 115 Å². The molecule has 1 aliphatic carbocycles. The molecule has 0 amide bonds. The van der Waals surface area contributed by atoms with Crippen LogP contribution in [0, 0.1) is 5.92 Å². The lowest BCUT2D eigenvalue weighted by molar-refractivity contribution is 0.632. The Labute approximate surface area is 250 Å². The molecule has 1 unspecified atom stereocenters. The van der Waals surface area contributed by atoms with E-state index in [9.17, 15) is 0 Å². The second-order valence-electron chi connectivity index (χ2n) is 12.2. The van der Waals surface area contributed by atoms with Gasteiger partial charge in [0, 0.05) is 0 Å². The van der Waals surface area contributed by atoms with Crippen molar-refractivity contribution in [3.05, 3.63) is 138 Å². The van der Waals surface area contributed by atoms with Gasteiger partial charge in [0.25, 0.3) is 0 Å². The summed E-state index contributed by atoms with van der Waals surface area (Å²) in [4.78, 5) is 0. The minimum Gasteiger partial charge on any atom is -0.0804 e. The van der Waals surface area contributed by atoms with Crippen LogP contribution in [0.3, 0.4) is 0 Å². The molecule has 0 N–H and O–H groups in total. The fourth-order valence-corrected chi connectivity index (χ4v) is 7.10. The Hall–Kier alpha value is -4.42. The lowest BCUT2D eigenvalue weighted by Crippen LogP contribution is -2.02. The van der Waals surface area contributed by atoms with Crippen LogP contribution in [0.25, 0.3) is 60.1 Å². The molecule has 0 nitrogen and oxygen atoms in total. The molecule has 1 atom stereocenters. The van der Waals surface area contributed by atoms with Gasteiger partial charge in [-0.3, -0.25) is 0 Å². The zero-order chi connectivity index (χ0) is 28.8. The molecule has 0 aliphatic heterocycles. The first-order valence-electron chi connectivity index (χ1n) is 15.5. The van der Waals surface area contributed by atoms with Crippen molar-refractivity contribution in [2.45, 2.75) is 46.5 Å². The quantitative estimate of drug-likeness (QED) is 0.190. The van der Waals surface area contributed by atoms with Crippen molar-refractivity contribution in [1.82, 2.24) is 0 Å². The van der Waals surface area contributed by atoms with E-state index in [4.69, 9.17) is 0 Å². The number of hydrogen-bond donors (Lipinski definition) is 0. The monoisotopic (exact) mass is 542 g/mol. The topological polar surface area (TPSA) is 0 Å². The Bertz CT molecular complexity index is 1970. The van der Waals surface area contributed by atoms with Crippen molar-refractivity contribution in [3.63, 3.8) is 0 Å². The van der Waals surface area contributed by atoms with E-state index in [1.807, 2.05) is 0 Å². The van der Waals surface area contributed by atoms with Gasteiger partial charge in [-0.25, -0.2) is 0 Å². The summed E-state index contributed by atoms with van der Waals surface area (Å²) < 4.78 is 0. The van der Waals surface area contributed by atoms with Gasteiger partial charge in [0.1, 0.15) is 0 Å². The number of allylic oxidation sites excluding steroid dienone is 4. The van der Waals surface area contributed by atoms with Gasteiger partial charge in [-0.2, -0.15) is 0 Å². The summed E-state index contributed by atoms with van der Waals surface area (Å²) in [6.07, 6.45) is 7.25. The zero-order valence-corrected chi connectivity index (χ0v) is 25.1. The molecule has 0 saturated heterocycles. The van der Waals surface area contributed by atoms with E-state index in [0.29, 0.717) is 11.8 Å². The molecule has 0 radical (unpaired) electrons. The first-order chi connectivity index (χ1) is 20.5. The van der Waals surface area contributed by atoms with Gasteiger partial charge in [0.2, 0.25) is 0 Å². The van der Waals surface area contributed by atoms with Gasteiger partial charge in [0.15, 0.2) is 0 Å². The third-order valence-corrected chi connectivity index (χ3v) is 9.32. The maximum absolute atomic E-state index is 2.50. The van der Waals surface area contributed by atoms with Crippen LogP contribution in [0.5, 0.6) is 0 Å². The van der Waals surface area contributed by atoms with Crippen LogP contribution in [-0.2, 0) is 0 Å². The predicted molar refractivity (Wildman–Crippen MR) is 184 cm³/mol. The van der Waals surface area contributed by atoms with Crippen molar-refractivity contribution < 1.29 is 0 Å². The summed E-state index contributed by atoms with van der Waals surface area (Å²) in [5.41, 5.74) is 10.7. The standard InChI is InChI=1S/C42H38/c1-5-29-22-21-28(4)40(25-29)30-13-12-14-31(26-30)41-35-17-8-10-19-37(35)42(38-20-11-9-18-36(38)41)39-24-23-32(27(2)3)33-15-6-7-16-34(33)39/h6-21,23-27,29H,5,22H2,1-4H3. The molecule has 6 aromatic rings. The van der Waals surface area contributed by atoms with E-state index in [1.54, 1.807) is 0 Å². The van der Waals surface area contributed by atoms with Crippen molar-refractivity contribution >= 4 is 37.9 Å². The molecule has 6 aromatic carbocycles. The normalized spacial score (nSPS) is 15.4. The average Bonchev–Trinajstić information content (AvgIpc) is 3.03. The molecule has 206 valence electrons. The van der Waals surface area contributed by atoms with Crippen molar-refractivity contribution in [3.8, 4) is 22.3 Å². The van der Waals surface area contributed by atoms with Crippen molar-refractivity contribution in [1.29, 1.82) is 0 Å². The number of benzene rings is 6. The van der Waals surface area contributed by atoms with Gasteiger partial charge in [-0.1, -0.05) is 136 Å². The van der Waals surface area contributed by atoms with Crippen LogP contribution in [0.2, 0.25) is 0 Å². The molecule has 0 aromatic heterocycles. The lowest BCUT2D eigenvalue weighted by Gasteiger charge is -2.22. The van der Waals surface area contributed by atoms with E-state index < -0.39 is 0 Å². The molecule has 1 aliphatic rings. The van der Waals surface area contributed by atoms with Gasteiger partial charge >= 0.3 is 0 Å². The second kappa shape index (κ2) is 10.8. The minimum absolute atomic E-state index is 0.470. The summed E-state index contributed by atoms with van der Waals surface area (Å²) >= 11 is 0. The summed E-state index contributed by atoms with van der Waals surface area (Å²) in [6.45, 7) is 9.14. The Morgan fingerprint density at radius 3 is 1.81 bits per heavy atom. The molecular formula is C42H38. The zero-order valence-electron chi connectivity index (χ0n) is 25.1. The highest BCUT2D eigenvalue weighted by Gasteiger charge is 2.20. The molecule has 7 rings (SSSR count). The van der Waals surface area contributed by atoms with E-state index >= 15 is 0 Å². The smallest absolute Gasteiger partial charge is 0.00201 e. The maximum Gasteiger partial charge on any atom is -0.00201 e. The average molecular weight is 543 g/mol. The molecule has 0 heterocycles. The number of rotatable bonds is 5. The van der Waals surface area contributed by atoms with E-state index in [-0.39, 0.29) is 0 Å². The highest BCUT2D eigenvalue weighted by molar-refractivity contribution is 6.23. The van der Waals surface area contributed by atoms with Crippen LogP contribution in [0.1, 0.15) is 57.6 Å².